The normalized spacial score (nSPS) is 11.4. The Hall–Kier alpha value is -3.44. The van der Waals surface area contributed by atoms with Gasteiger partial charge in [0.05, 0.1) is 23.0 Å². The highest BCUT2D eigenvalue weighted by Crippen LogP contribution is 2.28. The third-order valence-corrected chi connectivity index (χ3v) is 5.28. The molecule has 0 saturated heterocycles. The number of thiazole rings is 1. The van der Waals surface area contributed by atoms with Gasteiger partial charge in [0.15, 0.2) is 0 Å². The summed E-state index contributed by atoms with van der Waals surface area (Å²) in [4.78, 5) is 17.5. The van der Waals surface area contributed by atoms with Crippen LogP contribution in [0.2, 0.25) is 0 Å². The Morgan fingerprint density at radius 2 is 1.79 bits per heavy atom. The van der Waals surface area contributed by atoms with Gasteiger partial charge >= 0.3 is 0 Å². The van der Waals surface area contributed by atoms with Crippen LogP contribution in [0.4, 0.5) is 0 Å². The Kier molecular flexibility index (Phi) is 5.17. The minimum Gasteiger partial charge on any atom is -0.497 e. The SMILES string of the molecule is COc1cccc(/C=C(\NC(=O)c2ccccc2)c2nc3ccccc3s2)c1. The Balaban J connectivity index is 1.75. The number of aromatic nitrogens is 1. The summed E-state index contributed by atoms with van der Waals surface area (Å²) in [6.07, 6.45) is 1.92. The number of carbonyl (C=O) groups is 1. The molecule has 0 fully saturated rings. The van der Waals surface area contributed by atoms with Crippen LogP contribution in [-0.2, 0) is 0 Å². The van der Waals surface area contributed by atoms with Crippen LogP contribution in [0.1, 0.15) is 20.9 Å². The van der Waals surface area contributed by atoms with E-state index in [0.29, 0.717) is 11.3 Å². The smallest absolute Gasteiger partial charge is 0.255 e. The predicted octanol–water partition coefficient (Wildman–Crippen LogP) is 5.23. The molecule has 0 saturated carbocycles. The lowest BCUT2D eigenvalue weighted by molar-refractivity contribution is 0.0974. The Labute approximate surface area is 167 Å². The average Bonchev–Trinajstić information content (AvgIpc) is 3.18. The quantitative estimate of drug-likeness (QED) is 0.511. The maximum absolute atomic E-state index is 12.8. The number of hydrogen-bond donors (Lipinski definition) is 1. The van der Waals surface area contributed by atoms with Gasteiger partial charge in [0.2, 0.25) is 0 Å². The average molecular weight is 386 g/mol. The number of rotatable bonds is 5. The maximum atomic E-state index is 12.8. The van der Waals surface area contributed by atoms with E-state index in [0.717, 1.165) is 26.5 Å². The summed E-state index contributed by atoms with van der Waals surface area (Å²) in [5.41, 5.74) is 3.08. The summed E-state index contributed by atoms with van der Waals surface area (Å²) in [7, 11) is 1.63. The van der Waals surface area contributed by atoms with Crippen molar-refractivity contribution < 1.29 is 9.53 Å². The Morgan fingerprint density at radius 1 is 1.00 bits per heavy atom. The van der Waals surface area contributed by atoms with Crippen molar-refractivity contribution in [2.24, 2.45) is 0 Å². The van der Waals surface area contributed by atoms with E-state index in [2.05, 4.69) is 5.32 Å². The Morgan fingerprint density at radius 3 is 2.57 bits per heavy atom. The van der Waals surface area contributed by atoms with Gasteiger partial charge in [-0.05, 0) is 48.0 Å². The molecule has 4 nitrogen and oxygen atoms in total. The summed E-state index contributed by atoms with van der Waals surface area (Å²) < 4.78 is 6.38. The van der Waals surface area contributed by atoms with E-state index in [1.807, 2.05) is 72.8 Å². The highest BCUT2D eigenvalue weighted by molar-refractivity contribution is 7.19. The number of methoxy groups -OCH3 is 1. The van der Waals surface area contributed by atoms with Crippen molar-refractivity contribution in [3.8, 4) is 5.75 Å². The first-order valence-corrected chi connectivity index (χ1v) is 9.63. The molecule has 4 aromatic rings. The minimum absolute atomic E-state index is 0.172. The number of ether oxygens (including phenoxy) is 1. The molecular formula is C23H18N2O2S. The molecule has 1 aromatic heterocycles. The van der Waals surface area contributed by atoms with Gasteiger partial charge in [0.1, 0.15) is 10.8 Å². The van der Waals surface area contributed by atoms with Crippen molar-refractivity contribution in [2.75, 3.05) is 7.11 Å². The second-order valence-corrected chi connectivity index (χ2v) is 7.17. The van der Waals surface area contributed by atoms with Crippen molar-refractivity contribution in [1.29, 1.82) is 0 Å². The molecule has 28 heavy (non-hydrogen) atoms. The van der Waals surface area contributed by atoms with Crippen LogP contribution in [-0.4, -0.2) is 18.0 Å². The van der Waals surface area contributed by atoms with Crippen LogP contribution in [0, 0.1) is 0 Å². The fourth-order valence-corrected chi connectivity index (χ4v) is 3.76. The van der Waals surface area contributed by atoms with Crippen LogP contribution < -0.4 is 10.1 Å². The molecule has 1 N–H and O–H groups in total. The highest BCUT2D eigenvalue weighted by Gasteiger charge is 2.13. The van der Waals surface area contributed by atoms with Gasteiger partial charge < -0.3 is 10.1 Å². The van der Waals surface area contributed by atoms with E-state index in [1.54, 1.807) is 30.6 Å². The molecule has 0 radical (unpaired) electrons. The number of hydrogen-bond acceptors (Lipinski definition) is 4. The number of amides is 1. The third kappa shape index (κ3) is 3.94. The minimum atomic E-state index is -0.172. The summed E-state index contributed by atoms with van der Waals surface area (Å²) in [6, 6.07) is 24.8. The lowest BCUT2D eigenvalue weighted by atomic mass is 10.1. The summed E-state index contributed by atoms with van der Waals surface area (Å²) in [5, 5.41) is 3.78. The molecule has 138 valence electrons. The molecule has 3 aromatic carbocycles. The van der Waals surface area contributed by atoms with Gasteiger partial charge in [-0.2, -0.15) is 0 Å². The number of carbonyl (C=O) groups excluding carboxylic acids is 1. The largest absolute Gasteiger partial charge is 0.497 e. The topological polar surface area (TPSA) is 51.2 Å². The molecule has 0 aliphatic heterocycles. The zero-order chi connectivity index (χ0) is 19.3. The molecule has 0 unspecified atom stereocenters. The molecule has 1 heterocycles. The standard InChI is InChI=1S/C23H18N2O2S/c1-27-18-11-7-8-16(14-18)15-20(24-22(26)17-9-3-2-4-10-17)23-25-19-12-5-6-13-21(19)28-23/h2-15H,1H3,(H,24,26)/b20-15-. The van der Waals surface area contributed by atoms with Crippen molar-refractivity contribution in [1.82, 2.24) is 10.3 Å². The first kappa shape index (κ1) is 17.9. The van der Waals surface area contributed by atoms with E-state index in [-0.39, 0.29) is 5.91 Å². The van der Waals surface area contributed by atoms with E-state index >= 15 is 0 Å². The van der Waals surface area contributed by atoms with Crippen LogP contribution in [0.25, 0.3) is 22.0 Å². The molecular weight excluding hydrogens is 368 g/mol. The van der Waals surface area contributed by atoms with Crippen LogP contribution in [0.15, 0.2) is 78.9 Å². The van der Waals surface area contributed by atoms with Gasteiger partial charge in [-0.1, -0.05) is 42.5 Å². The third-order valence-electron chi connectivity index (χ3n) is 4.21. The van der Waals surface area contributed by atoms with E-state index in [1.165, 1.54) is 0 Å². The van der Waals surface area contributed by atoms with Gasteiger partial charge in [-0.3, -0.25) is 4.79 Å². The van der Waals surface area contributed by atoms with Gasteiger partial charge in [-0.25, -0.2) is 4.98 Å². The second-order valence-electron chi connectivity index (χ2n) is 6.14. The zero-order valence-corrected chi connectivity index (χ0v) is 16.1. The van der Waals surface area contributed by atoms with Crippen LogP contribution in [0.5, 0.6) is 5.75 Å². The molecule has 4 rings (SSSR count). The lowest BCUT2D eigenvalue weighted by Gasteiger charge is -2.09. The Bertz CT molecular complexity index is 1120. The fraction of sp³-hybridized carbons (Fsp3) is 0.0435. The first-order valence-electron chi connectivity index (χ1n) is 8.81. The molecule has 0 spiro atoms. The van der Waals surface area contributed by atoms with Gasteiger partial charge in [-0.15, -0.1) is 11.3 Å². The van der Waals surface area contributed by atoms with Crippen molar-refractivity contribution in [2.45, 2.75) is 0 Å². The van der Waals surface area contributed by atoms with Crippen LogP contribution >= 0.6 is 11.3 Å². The first-order chi connectivity index (χ1) is 13.7. The lowest BCUT2D eigenvalue weighted by Crippen LogP contribution is -2.21. The molecule has 0 bridgehead atoms. The van der Waals surface area contributed by atoms with Gasteiger partial charge in [0, 0.05) is 5.56 Å². The molecule has 5 heteroatoms. The van der Waals surface area contributed by atoms with Gasteiger partial charge in [0.25, 0.3) is 5.91 Å². The molecule has 0 atom stereocenters. The number of fused-ring (bicyclic) bond motifs is 1. The van der Waals surface area contributed by atoms with Crippen molar-refractivity contribution in [3.05, 3.63) is 95.0 Å². The molecule has 0 aliphatic carbocycles. The van der Waals surface area contributed by atoms with E-state index in [9.17, 15) is 4.79 Å². The van der Waals surface area contributed by atoms with Crippen molar-refractivity contribution >= 4 is 39.2 Å². The molecule has 0 aliphatic rings. The molecule has 1 amide bonds. The van der Waals surface area contributed by atoms with Crippen LogP contribution in [0.3, 0.4) is 0 Å². The summed E-state index contributed by atoms with van der Waals surface area (Å²) in [5.74, 6) is 0.584. The summed E-state index contributed by atoms with van der Waals surface area (Å²) >= 11 is 1.55. The van der Waals surface area contributed by atoms with E-state index in [4.69, 9.17) is 9.72 Å². The number of nitrogens with one attached hydrogen (secondary N) is 1. The summed E-state index contributed by atoms with van der Waals surface area (Å²) in [6.45, 7) is 0. The highest BCUT2D eigenvalue weighted by atomic mass is 32.1. The number of para-hydroxylation sites is 1. The predicted molar refractivity (Wildman–Crippen MR) is 114 cm³/mol. The zero-order valence-electron chi connectivity index (χ0n) is 15.3. The second kappa shape index (κ2) is 8.06. The number of benzene rings is 3. The monoisotopic (exact) mass is 386 g/mol. The van der Waals surface area contributed by atoms with E-state index < -0.39 is 0 Å². The fourth-order valence-electron chi connectivity index (χ4n) is 2.82. The van der Waals surface area contributed by atoms with Crippen molar-refractivity contribution in [3.63, 3.8) is 0 Å². The number of nitrogens with zero attached hydrogens (tertiary/aromatic N) is 1. The maximum Gasteiger partial charge on any atom is 0.255 e.